The first kappa shape index (κ1) is 14.6. The number of carbonyl (C=O) groups is 2. The van der Waals surface area contributed by atoms with E-state index >= 15 is 0 Å². The van der Waals surface area contributed by atoms with Gasteiger partial charge < -0.3 is 19.9 Å². The highest BCUT2D eigenvalue weighted by atomic mass is 16.5. The molecule has 0 saturated carbocycles. The van der Waals surface area contributed by atoms with Gasteiger partial charge in [-0.2, -0.15) is 0 Å². The standard InChI is InChI=1S/C16H19N3O3/c20-12-17-13-3-5-14(6-4-13)19-7-1-2-15(16(19)21)18-8-10-22-11-9-18/h2-6,12H,1,7-11H2,(H,17,20). The summed E-state index contributed by atoms with van der Waals surface area (Å²) in [4.78, 5) is 27.1. The Hall–Kier alpha value is -2.34. The lowest BCUT2D eigenvalue weighted by Gasteiger charge is -2.35. The molecule has 1 fully saturated rings. The van der Waals surface area contributed by atoms with E-state index in [4.69, 9.17) is 4.74 Å². The first-order chi connectivity index (χ1) is 10.8. The molecule has 0 radical (unpaired) electrons. The van der Waals surface area contributed by atoms with Crippen LogP contribution in [-0.2, 0) is 14.3 Å². The van der Waals surface area contributed by atoms with Gasteiger partial charge in [0.1, 0.15) is 0 Å². The second-order valence-electron chi connectivity index (χ2n) is 5.24. The molecule has 6 nitrogen and oxygen atoms in total. The van der Waals surface area contributed by atoms with E-state index in [1.807, 2.05) is 18.2 Å². The molecule has 0 aliphatic carbocycles. The Morgan fingerprint density at radius 2 is 1.82 bits per heavy atom. The van der Waals surface area contributed by atoms with Crippen molar-refractivity contribution in [3.8, 4) is 0 Å². The van der Waals surface area contributed by atoms with Gasteiger partial charge in [0.2, 0.25) is 6.41 Å². The van der Waals surface area contributed by atoms with Crippen molar-refractivity contribution in [2.24, 2.45) is 0 Å². The highest BCUT2D eigenvalue weighted by molar-refractivity contribution is 6.06. The molecule has 0 spiro atoms. The molecule has 22 heavy (non-hydrogen) atoms. The molecular formula is C16H19N3O3. The van der Waals surface area contributed by atoms with E-state index in [2.05, 4.69) is 10.2 Å². The van der Waals surface area contributed by atoms with E-state index < -0.39 is 0 Å². The third-order valence-corrected chi connectivity index (χ3v) is 3.91. The lowest BCUT2D eigenvalue weighted by Crippen LogP contribution is -2.45. The van der Waals surface area contributed by atoms with Gasteiger partial charge in [0.25, 0.3) is 5.91 Å². The number of hydrogen-bond acceptors (Lipinski definition) is 4. The van der Waals surface area contributed by atoms with E-state index in [1.165, 1.54) is 0 Å². The SMILES string of the molecule is O=CNc1ccc(N2CCC=C(N3CCOCC3)C2=O)cc1. The molecular weight excluding hydrogens is 282 g/mol. The van der Waals surface area contributed by atoms with Crippen LogP contribution in [0.1, 0.15) is 6.42 Å². The number of ether oxygens (including phenoxy) is 1. The maximum absolute atomic E-state index is 12.7. The molecule has 1 aromatic rings. The van der Waals surface area contributed by atoms with Crippen LogP contribution in [0.4, 0.5) is 11.4 Å². The van der Waals surface area contributed by atoms with Crippen LogP contribution in [0.25, 0.3) is 0 Å². The fourth-order valence-electron chi connectivity index (χ4n) is 2.78. The van der Waals surface area contributed by atoms with Crippen molar-refractivity contribution in [3.63, 3.8) is 0 Å². The first-order valence-electron chi connectivity index (χ1n) is 7.44. The van der Waals surface area contributed by atoms with Crippen molar-refractivity contribution >= 4 is 23.7 Å². The molecule has 116 valence electrons. The molecule has 0 bridgehead atoms. The van der Waals surface area contributed by atoms with Crippen molar-refractivity contribution in [1.82, 2.24) is 4.90 Å². The summed E-state index contributed by atoms with van der Waals surface area (Å²) in [7, 11) is 0. The topological polar surface area (TPSA) is 61.9 Å². The number of rotatable bonds is 4. The molecule has 1 N–H and O–H groups in total. The molecule has 3 rings (SSSR count). The summed E-state index contributed by atoms with van der Waals surface area (Å²) in [6, 6.07) is 7.30. The van der Waals surface area contributed by atoms with Gasteiger partial charge >= 0.3 is 0 Å². The van der Waals surface area contributed by atoms with E-state index in [0.717, 1.165) is 30.9 Å². The fourth-order valence-corrected chi connectivity index (χ4v) is 2.78. The van der Waals surface area contributed by atoms with Crippen LogP contribution in [0.3, 0.4) is 0 Å². The van der Waals surface area contributed by atoms with Gasteiger partial charge in [-0.25, -0.2) is 0 Å². The minimum absolute atomic E-state index is 0.0317. The normalized spacial score (nSPS) is 18.9. The summed E-state index contributed by atoms with van der Waals surface area (Å²) in [5.74, 6) is 0.0317. The van der Waals surface area contributed by atoms with Crippen LogP contribution in [0, 0.1) is 0 Å². The number of nitrogens with one attached hydrogen (secondary N) is 1. The van der Waals surface area contributed by atoms with Gasteiger partial charge in [0, 0.05) is 31.0 Å². The zero-order chi connectivity index (χ0) is 15.4. The van der Waals surface area contributed by atoms with Gasteiger partial charge in [0.15, 0.2) is 0 Å². The average molecular weight is 301 g/mol. The van der Waals surface area contributed by atoms with Crippen LogP contribution in [0.5, 0.6) is 0 Å². The Bertz CT molecular complexity index is 577. The fraction of sp³-hybridized carbons (Fsp3) is 0.375. The van der Waals surface area contributed by atoms with E-state index in [-0.39, 0.29) is 5.91 Å². The lowest BCUT2D eigenvalue weighted by atomic mass is 10.1. The van der Waals surface area contributed by atoms with Crippen LogP contribution in [0.15, 0.2) is 36.0 Å². The number of amides is 2. The van der Waals surface area contributed by atoms with Crippen molar-refractivity contribution in [1.29, 1.82) is 0 Å². The summed E-state index contributed by atoms with van der Waals surface area (Å²) in [6.45, 7) is 3.52. The van der Waals surface area contributed by atoms with Gasteiger partial charge in [-0.3, -0.25) is 9.59 Å². The second kappa shape index (κ2) is 6.62. The highest BCUT2D eigenvalue weighted by Crippen LogP contribution is 2.24. The maximum atomic E-state index is 12.7. The number of morpholine rings is 1. The number of anilines is 2. The van der Waals surface area contributed by atoms with Crippen molar-refractivity contribution in [2.45, 2.75) is 6.42 Å². The van der Waals surface area contributed by atoms with Crippen molar-refractivity contribution < 1.29 is 14.3 Å². The number of benzene rings is 1. The van der Waals surface area contributed by atoms with Gasteiger partial charge in [-0.1, -0.05) is 6.08 Å². The molecule has 2 aliphatic heterocycles. The first-order valence-corrected chi connectivity index (χ1v) is 7.44. The quantitative estimate of drug-likeness (QED) is 0.849. The smallest absolute Gasteiger partial charge is 0.274 e. The lowest BCUT2D eigenvalue weighted by molar-refractivity contribution is -0.117. The van der Waals surface area contributed by atoms with Crippen molar-refractivity contribution in [3.05, 3.63) is 36.0 Å². The van der Waals surface area contributed by atoms with E-state index in [0.29, 0.717) is 31.9 Å². The molecule has 0 atom stereocenters. The minimum Gasteiger partial charge on any atom is -0.378 e. The summed E-state index contributed by atoms with van der Waals surface area (Å²) in [6.07, 6.45) is 3.50. The summed E-state index contributed by atoms with van der Waals surface area (Å²) < 4.78 is 5.34. The van der Waals surface area contributed by atoms with Crippen LogP contribution in [-0.4, -0.2) is 50.1 Å². The predicted molar refractivity (Wildman–Crippen MR) is 83.6 cm³/mol. The Morgan fingerprint density at radius 1 is 1.09 bits per heavy atom. The molecule has 6 heteroatoms. The maximum Gasteiger partial charge on any atom is 0.274 e. The Kier molecular flexibility index (Phi) is 4.39. The zero-order valence-electron chi connectivity index (χ0n) is 12.3. The Labute approximate surface area is 129 Å². The highest BCUT2D eigenvalue weighted by Gasteiger charge is 2.28. The number of hydrogen-bond donors (Lipinski definition) is 1. The predicted octanol–water partition coefficient (Wildman–Crippen LogP) is 1.21. The van der Waals surface area contributed by atoms with Crippen LogP contribution < -0.4 is 10.2 Å². The second-order valence-corrected chi connectivity index (χ2v) is 5.24. The third-order valence-electron chi connectivity index (χ3n) is 3.91. The van der Waals surface area contributed by atoms with Gasteiger partial charge in [-0.15, -0.1) is 0 Å². The molecule has 1 saturated heterocycles. The van der Waals surface area contributed by atoms with E-state index in [1.54, 1.807) is 17.0 Å². The molecule has 2 amide bonds. The van der Waals surface area contributed by atoms with E-state index in [9.17, 15) is 9.59 Å². The number of nitrogens with zero attached hydrogens (tertiary/aromatic N) is 2. The minimum atomic E-state index is 0.0317. The summed E-state index contributed by atoms with van der Waals surface area (Å²) in [5, 5.41) is 2.59. The molecule has 0 unspecified atom stereocenters. The molecule has 2 heterocycles. The summed E-state index contributed by atoms with van der Waals surface area (Å²) in [5.41, 5.74) is 2.33. The summed E-state index contributed by atoms with van der Waals surface area (Å²) >= 11 is 0. The molecule has 2 aliphatic rings. The van der Waals surface area contributed by atoms with Crippen LogP contribution in [0.2, 0.25) is 0 Å². The third kappa shape index (κ3) is 2.96. The molecule has 0 aromatic heterocycles. The average Bonchev–Trinajstić information content (AvgIpc) is 2.57. The monoisotopic (exact) mass is 301 g/mol. The zero-order valence-corrected chi connectivity index (χ0v) is 12.3. The Morgan fingerprint density at radius 3 is 2.50 bits per heavy atom. The van der Waals surface area contributed by atoms with Gasteiger partial charge in [-0.05, 0) is 30.7 Å². The van der Waals surface area contributed by atoms with Crippen molar-refractivity contribution in [2.75, 3.05) is 43.1 Å². The Balaban J connectivity index is 1.76. The van der Waals surface area contributed by atoms with Crippen LogP contribution >= 0.6 is 0 Å². The van der Waals surface area contributed by atoms with Gasteiger partial charge in [0.05, 0.1) is 18.9 Å². The number of carbonyl (C=O) groups excluding carboxylic acids is 2. The molecule has 1 aromatic carbocycles. The largest absolute Gasteiger partial charge is 0.378 e.